The number of carbonyl (C=O) groups excluding carboxylic acids is 1. The number of nitrogens with one attached hydrogen (secondary N) is 1. The molecule has 0 bridgehead atoms. The number of sulfonamides is 1. The summed E-state index contributed by atoms with van der Waals surface area (Å²) >= 11 is 0. The number of benzene rings is 1. The highest BCUT2D eigenvalue weighted by Gasteiger charge is 2.43. The number of carbonyl (C=O) groups is 1. The lowest BCUT2D eigenvalue weighted by Gasteiger charge is -2.29. The van der Waals surface area contributed by atoms with Crippen LogP contribution in [0.2, 0.25) is 0 Å². The van der Waals surface area contributed by atoms with Gasteiger partial charge in [-0.25, -0.2) is 8.42 Å². The Morgan fingerprint density at radius 2 is 1.75 bits per heavy atom. The third-order valence-corrected chi connectivity index (χ3v) is 7.15. The second kappa shape index (κ2) is 8.38. The molecule has 10 heteroatoms. The van der Waals surface area contributed by atoms with Crippen molar-refractivity contribution >= 4 is 21.6 Å². The molecule has 1 saturated heterocycles. The molecule has 2 atom stereocenters. The van der Waals surface area contributed by atoms with Crippen molar-refractivity contribution in [2.45, 2.75) is 36.8 Å². The fourth-order valence-corrected chi connectivity index (χ4v) is 5.02. The van der Waals surface area contributed by atoms with E-state index < -0.39 is 33.9 Å². The van der Waals surface area contributed by atoms with Crippen molar-refractivity contribution in [1.29, 1.82) is 0 Å². The van der Waals surface area contributed by atoms with Gasteiger partial charge in [0.1, 0.15) is 0 Å². The molecule has 2 aliphatic rings. The van der Waals surface area contributed by atoms with Crippen molar-refractivity contribution in [3.8, 4) is 0 Å². The smallest absolute Gasteiger partial charge is 0.379 e. The fraction of sp³-hybridized carbons (Fsp3) is 0.611. The highest BCUT2D eigenvalue weighted by Crippen LogP contribution is 2.40. The van der Waals surface area contributed by atoms with Gasteiger partial charge in [0.15, 0.2) is 0 Å². The maximum Gasteiger partial charge on any atom is 0.391 e. The maximum absolute atomic E-state index is 12.9. The van der Waals surface area contributed by atoms with E-state index in [0.717, 1.165) is 0 Å². The normalized spacial score (nSPS) is 24.7. The molecule has 156 valence electrons. The van der Waals surface area contributed by atoms with Gasteiger partial charge in [0.2, 0.25) is 15.9 Å². The third-order valence-electron chi connectivity index (χ3n) is 5.24. The van der Waals surface area contributed by atoms with Crippen molar-refractivity contribution in [3.63, 3.8) is 0 Å². The SMILES string of the molecule is O=C(Nc1ccc(S(=O)(=O)N2CCOCC2)cc1)[C@@H]1CCC[C@H](C(F)(F)F)C1. The second-order valence-electron chi connectivity index (χ2n) is 7.13. The van der Waals surface area contributed by atoms with E-state index in [1.54, 1.807) is 0 Å². The first-order valence-corrected chi connectivity index (χ1v) is 10.7. The number of rotatable bonds is 4. The molecule has 0 unspecified atom stereocenters. The number of halogens is 3. The maximum atomic E-state index is 12.9. The van der Waals surface area contributed by atoms with Crippen LogP contribution in [0.5, 0.6) is 0 Å². The number of alkyl halides is 3. The Morgan fingerprint density at radius 3 is 2.36 bits per heavy atom. The Morgan fingerprint density at radius 1 is 1.11 bits per heavy atom. The van der Waals surface area contributed by atoms with Crippen molar-refractivity contribution in [3.05, 3.63) is 24.3 Å². The van der Waals surface area contributed by atoms with Crippen LogP contribution in [0.3, 0.4) is 0 Å². The summed E-state index contributed by atoms with van der Waals surface area (Å²) in [5, 5.41) is 2.61. The molecule has 1 saturated carbocycles. The van der Waals surface area contributed by atoms with E-state index in [-0.39, 0.29) is 30.8 Å². The first-order chi connectivity index (χ1) is 13.2. The van der Waals surface area contributed by atoms with Crippen molar-refractivity contribution in [2.24, 2.45) is 11.8 Å². The fourth-order valence-electron chi connectivity index (χ4n) is 3.62. The lowest BCUT2D eigenvalue weighted by molar-refractivity contribution is -0.185. The molecule has 0 spiro atoms. The quantitative estimate of drug-likeness (QED) is 0.813. The molecule has 6 nitrogen and oxygen atoms in total. The number of nitrogens with zero attached hydrogens (tertiary/aromatic N) is 1. The zero-order valence-electron chi connectivity index (χ0n) is 15.2. The second-order valence-corrected chi connectivity index (χ2v) is 9.07. The van der Waals surface area contributed by atoms with Gasteiger partial charge in [-0.15, -0.1) is 0 Å². The Hall–Kier alpha value is -1.65. The molecule has 0 aromatic heterocycles. The minimum atomic E-state index is -4.28. The van der Waals surface area contributed by atoms with Gasteiger partial charge >= 0.3 is 6.18 Å². The predicted molar refractivity (Wildman–Crippen MR) is 96.2 cm³/mol. The van der Waals surface area contributed by atoms with Crippen molar-refractivity contribution in [1.82, 2.24) is 4.31 Å². The van der Waals surface area contributed by atoms with E-state index in [2.05, 4.69) is 5.32 Å². The molecule has 28 heavy (non-hydrogen) atoms. The number of morpholine rings is 1. The summed E-state index contributed by atoms with van der Waals surface area (Å²) in [7, 11) is -3.64. The minimum Gasteiger partial charge on any atom is -0.379 e. The molecular formula is C18H23F3N2O4S. The van der Waals surface area contributed by atoms with E-state index in [1.165, 1.54) is 28.6 Å². The summed E-state index contributed by atoms with van der Waals surface area (Å²) in [4.78, 5) is 12.4. The van der Waals surface area contributed by atoms with Crippen LogP contribution in [-0.4, -0.2) is 51.1 Å². The largest absolute Gasteiger partial charge is 0.391 e. The third kappa shape index (κ3) is 4.84. The van der Waals surface area contributed by atoms with Gasteiger partial charge in [-0.2, -0.15) is 17.5 Å². The summed E-state index contributed by atoms with van der Waals surface area (Å²) in [5.41, 5.74) is 0.361. The molecule has 1 N–H and O–H groups in total. The minimum absolute atomic E-state index is 0.0569. The lowest BCUT2D eigenvalue weighted by atomic mass is 9.80. The highest BCUT2D eigenvalue weighted by atomic mass is 32.2. The monoisotopic (exact) mass is 420 g/mol. The number of amides is 1. The Labute approximate surface area is 162 Å². The molecular weight excluding hydrogens is 397 g/mol. The molecule has 1 aliphatic carbocycles. The highest BCUT2D eigenvalue weighted by molar-refractivity contribution is 7.89. The standard InChI is InChI=1S/C18H23F3N2O4S/c19-18(20,21)14-3-1-2-13(12-14)17(24)22-15-4-6-16(7-5-15)28(25,26)23-8-10-27-11-9-23/h4-7,13-14H,1-3,8-12H2,(H,22,24)/t13-,14+/m1/s1. The van der Waals surface area contributed by atoms with Gasteiger partial charge in [-0.05, 0) is 43.5 Å². The van der Waals surface area contributed by atoms with Gasteiger partial charge < -0.3 is 10.1 Å². The van der Waals surface area contributed by atoms with Gasteiger partial charge in [0, 0.05) is 24.7 Å². The average Bonchev–Trinajstić information content (AvgIpc) is 2.68. The van der Waals surface area contributed by atoms with Crippen molar-refractivity contribution < 1.29 is 31.1 Å². The number of anilines is 1. The van der Waals surface area contributed by atoms with E-state index in [9.17, 15) is 26.4 Å². The first kappa shape index (κ1) is 21.1. The molecule has 1 heterocycles. The van der Waals surface area contributed by atoms with Crippen LogP contribution in [0, 0.1) is 11.8 Å². The molecule has 1 aliphatic heterocycles. The van der Waals surface area contributed by atoms with Gasteiger partial charge in [0.25, 0.3) is 0 Å². The molecule has 3 rings (SSSR count). The number of hydrogen-bond donors (Lipinski definition) is 1. The zero-order valence-corrected chi connectivity index (χ0v) is 16.1. The van der Waals surface area contributed by atoms with E-state index in [0.29, 0.717) is 31.7 Å². The van der Waals surface area contributed by atoms with Gasteiger partial charge in [-0.1, -0.05) is 6.42 Å². The summed E-state index contributed by atoms with van der Waals surface area (Å²) < 4.78 is 70.4. The van der Waals surface area contributed by atoms with E-state index >= 15 is 0 Å². The lowest BCUT2D eigenvalue weighted by Crippen LogP contribution is -2.40. The average molecular weight is 420 g/mol. The Balaban J connectivity index is 1.63. The van der Waals surface area contributed by atoms with Gasteiger partial charge in [0.05, 0.1) is 24.0 Å². The zero-order chi connectivity index (χ0) is 20.4. The van der Waals surface area contributed by atoms with E-state index in [1.807, 2.05) is 0 Å². The molecule has 1 aromatic rings. The van der Waals surface area contributed by atoms with Crippen LogP contribution in [0.25, 0.3) is 0 Å². The number of hydrogen-bond acceptors (Lipinski definition) is 4. The molecule has 1 aromatic carbocycles. The Bertz CT molecular complexity index is 790. The summed E-state index contributed by atoms with van der Waals surface area (Å²) in [6.07, 6.45) is -3.66. The van der Waals surface area contributed by atoms with Crippen LogP contribution in [0.15, 0.2) is 29.2 Å². The van der Waals surface area contributed by atoms with Crippen LogP contribution in [-0.2, 0) is 19.6 Å². The summed E-state index contributed by atoms with van der Waals surface area (Å²) in [6.45, 7) is 1.24. The van der Waals surface area contributed by atoms with Gasteiger partial charge in [-0.3, -0.25) is 4.79 Å². The molecule has 0 radical (unpaired) electrons. The van der Waals surface area contributed by atoms with Crippen LogP contribution >= 0.6 is 0 Å². The predicted octanol–water partition coefficient (Wildman–Crippen LogP) is 3.01. The van der Waals surface area contributed by atoms with Crippen LogP contribution in [0.4, 0.5) is 18.9 Å². The topological polar surface area (TPSA) is 75.7 Å². The summed E-state index contributed by atoms with van der Waals surface area (Å²) in [5.74, 6) is -2.60. The van der Waals surface area contributed by atoms with Crippen LogP contribution < -0.4 is 5.32 Å². The number of ether oxygens (including phenoxy) is 1. The van der Waals surface area contributed by atoms with Crippen molar-refractivity contribution in [2.75, 3.05) is 31.6 Å². The van der Waals surface area contributed by atoms with E-state index in [4.69, 9.17) is 4.74 Å². The molecule has 2 fully saturated rings. The first-order valence-electron chi connectivity index (χ1n) is 9.23. The summed E-state index contributed by atoms with van der Waals surface area (Å²) in [6, 6.07) is 5.68. The Kier molecular flexibility index (Phi) is 6.31. The molecule has 1 amide bonds. The van der Waals surface area contributed by atoms with Crippen LogP contribution in [0.1, 0.15) is 25.7 Å².